The Balaban J connectivity index is 1.85. The van der Waals surface area contributed by atoms with E-state index in [1.807, 2.05) is 24.3 Å². The first kappa shape index (κ1) is 13.0. The second kappa shape index (κ2) is 5.16. The normalized spacial score (nSPS) is 21.8. The minimum absolute atomic E-state index is 0.248. The summed E-state index contributed by atoms with van der Waals surface area (Å²) >= 11 is 5.96. The lowest BCUT2D eigenvalue weighted by atomic mass is 9.63. The highest BCUT2D eigenvalue weighted by molar-refractivity contribution is 6.30. The average molecular weight is 278 g/mol. The first-order valence-electron chi connectivity index (χ1n) is 7.28. The zero-order valence-electron chi connectivity index (χ0n) is 11.2. The van der Waals surface area contributed by atoms with Crippen molar-refractivity contribution in [2.45, 2.75) is 43.9 Å². The molecule has 1 amide bonds. The van der Waals surface area contributed by atoms with Crippen LogP contribution in [0.4, 0.5) is 0 Å². The summed E-state index contributed by atoms with van der Waals surface area (Å²) in [5.41, 5.74) is 0.904. The summed E-state index contributed by atoms with van der Waals surface area (Å²) < 4.78 is 0. The predicted octanol–water partition coefficient (Wildman–Crippen LogP) is 3.77. The Morgan fingerprint density at radius 3 is 2.16 bits per heavy atom. The molecule has 0 radical (unpaired) electrons. The second-order valence-electron chi connectivity index (χ2n) is 5.80. The Bertz CT molecular complexity index is 458. The smallest absolute Gasteiger partial charge is 0.233 e. The van der Waals surface area contributed by atoms with Gasteiger partial charge in [0.2, 0.25) is 5.91 Å². The lowest BCUT2D eigenvalue weighted by Gasteiger charge is -2.45. The van der Waals surface area contributed by atoms with Crippen molar-refractivity contribution in [2.75, 3.05) is 13.1 Å². The summed E-state index contributed by atoms with van der Waals surface area (Å²) in [4.78, 5) is 15.0. The molecule has 3 heteroatoms. The Hall–Kier alpha value is -1.02. The molecule has 0 aromatic heterocycles. The van der Waals surface area contributed by atoms with Gasteiger partial charge in [0.25, 0.3) is 0 Å². The number of likely N-dealkylation sites (tertiary alicyclic amines) is 1. The molecule has 19 heavy (non-hydrogen) atoms. The first-order valence-corrected chi connectivity index (χ1v) is 7.66. The quantitative estimate of drug-likeness (QED) is 0.806. The molecule has 102 valence electrons. The molecule has 0 atom stereocenters. The van der Waals surface area contributed by atoms with Crippen LogP contribution in [0.5, 0.6) is 0 Å². The molecule has 1 saturated carbocycles. The highest BCUT2D eigenvalue weighted by Crippen LogP contribution is 2.45. The van der Waals surface area contributed by atoms with Crippen LogP contribution in [0, 0.1) is 0 Å². The zero-order chi connectivity index (χ0) is 13.3. The SMILES string of the molecule is O=C(N1CCCCC1)C1(c2ccc(Cl)cc2)CCC1. The van der Waals surface area contributed by atoms with Gasteiger partial charge in [-0.2, -0.15) is 0 Å². The van der Waals surface area contributed by atoms with Crippen molar-refractivity contribution in [3.63, 3.8) is 0 Å². The van der Waals surface area contributed by atoms with E-state index < -0.39 is 0 Å². The van der Waals surface area contributed by atoms with E-state index in [2.05, 4.69) is 4.90 Å². The third-order valence-corrected chi connectivity index (χ3v) is 4.91. The van der Waals surface area contributed by atoms with Crippen molar-refractivity contribution < 1.29 is 4.79 Å². The minimum Gasteiger partial charge on any atom is -0.342 e. The molecule has 0 bridgehead atoms. The molecule has 2 nitrogen and oxygen atoms in total. The fourth-order valence-corrected chi connectivity index (χ4v) is 3.45. The fourth-order valence-electron chi connectivity index (χ4n) is 3.32. The van der Waals surface area contributed by atoms with Gasteiger partial charge in [0.15, 0.2) is 0 Å². The topological polar surface area (TPSA) is 20.3 Å². The number of benzene rings is 1. The summed E-state index contributed by atoms with van der Waals surface area (Å²) in [6, 6.07) is 7.87. The van der Waals surface area contributed by atoms with Crippen LogP contribution in [-0.4, -0.2) is 23.9 Å². The van der Waals surface area contributed by atoms with Gasteiger partial charge in [-0.3, -0.25) is 4.79 Å². The number of hydrogen-bond donors (Lipinski definition) is 0. The van der Waals surface area contributed by atoms with Gasteiger partial charge in [-0.15, -0.1) is 0 Å². The maximum Gasteiger partial charge on any atom is 0.233 e. The highest BCUT2D eigenvalue weighted by Gasteiger charge is 2.47. The monoisotopic (exact) mass is 277 g/mol. The molecule has 1 aliphatic carbocycles. The van der Waals surface area contributed by atoms with E-state index in [9.17, 15) is 4.79 Å². The van der Waals surface area contributed by atoms with Crippen LogP contribution in [0.2, 0.25) is 5.02 Å². The standard InChI is InChI=1S/C16H20ClNO/c17-14-7-5-13(6-8-14)16(9-4-10-16)15(19)18-11-2-1-3-12-18/h5-8H,1-4,9-12H2. The molecule has 1 saturated heterocycles. The maximum absolute atomic E-state index is 12.9. The number of carbonyl (C=O) groups excluding carboxylic acids is 1. The number of piperidine rings is 1. The Labute approximate surface area is 119 Å². The van der Waals surface area contributed by atoms with Crippen molar-refractivity contribution >= 4 is 17.5 Å². The van der Waals surface area contributed by atoms with Gasteiger partial charge in [0.05, 0.1) is 5.41 Å². The van der Waals surface area contributed by atoms with Crippen molar-refractivity contribution in [2.24, 2.45) is 0 Å². The van der Waals surface area contributed by atoms with E-state index in [0.29, 0.717) is 5.91 Å². The fraction of sp³-hybridized carbons (Fsp3) is 0.562. The number of rotatable bonds is 2. The van der Waals surface area contributed by atoms with Crippen LogP contribution in [-0.2, 0) is 10.2 Å². The van der Waals surface area contributed by atoms with Gasteiger partial charge in [0, 0.05) is 18.1 Å². The van der Waals surface area contributed by atoms with Gasteiger partial charge in [-0.05, 0) is 49.8 Å². The van der Waals surface area contributed by atoms with Crippen LogP contribution in [0.25, 0.3) is 0 Å². The van der Waals surface area contributed by atoms with E-state index in [1.165, 1.54) is 6.42 Å². The maximum atomic E-state index is 12.9. The lowest BCUT2D eigenvalue weighted by Crippen LogP contribution is -2.52. The molecule has 3 rings (SSSR count). The number of carbonyl (C=O) groups is 1. The van der Waals surface area contributed by atoms with Gasteiger partial charge >= 0.3 is 0 Å². The summed E-state index contributed by atoms with van der Waals surface area (Å²) in [5.74, 6) is 0.348. The van der Waals surface area contributed by atoms with Crippen LogP contribution in [0.1, 0.15) is 44.1 Å². The molecule has 2 fully saturated rings. The Morgan fingerprint density at radius 1 is 1.00 bits per heavy atom. The molecule has 1 aliphatic heterocycles. The number of hydrogen-bond acceptors (Lipinski definition) is 1. The number of nitrogens with zero attached hydrogens (tertiary/aromatic N) is 1. The predicted molar refractivity (Wildman–Crippen MR) is 77.4 cm³/mol. The molecular weight excluding hydrogens is 258 g/mol. The third kappa shape index (κ3) is 2.27. The highest BCUT2D eigenvalue weighted by atomic mass is 35.5. The molecule has 2 aliphatic rings. The molecule has 0 unspecified atom stereocenters. The van der Waals surface area contributed by atoms with Gasteiger partial charge in [-0.1, -0.05) is 30.2 Å². The number of amides is 1. The van der Waals surface area contributed by atoms with Crippen LogP contribution < -0.4 is 0 Å². The van der Waals surface area contributed by atoms with E-state index in [0.717, 1.165) is 55.8 Å². The summed E-state index contributed by atoms with van der Waals surface area (Å²) in [7, 11) is 0. The molecule has 0 spiro atoms. The molecule has 1 aromatic rings. The molecule has 0 N–H and O–H groups in total. The van der Waals surface area contributed by atoms with Gasteiger partial charge < -0.3 is 4.90 Å². The summed E-state index contributed by atoms with van der Waals surface area (Å²) in [5, 5.41) is 0.739. The van der Waals surface area contributed by atoms with Crippen molar-refractivity contribution in [3.8, 4) is 0 Å². The van der Waals surface area contributed by atoms with Crippen molar-refractivity contribution in [1.82, 2.24) is 4.90 Å². The largest absolute Gasteiger partial charge is 0.342 e. The van der Waals surface area contributed by atoms with Crippen molar-refractivity contribution in [3.05, 3.63) is 34.9 Å². The van der Waals surface area contributed by atoms with Gasteiger partial charge in [0.1, 0.15) is 0 Å². The molecule has 1 aromatic carbocycles. The molecule has 1 heterocycles. The van der Waals surface area contributed by atoms with Crippen LogP contribution in [0.3, 0.4) is 0 Å². The van der Waals surface area contributed by atoms with E-state index in [1.54, 1.807) is 0 Å². The van der Waals surface area contributed by atoms with Crippen molar-refractivity contribution in [1.29, 1.82) is 0 Å². The Morgan fingerprint density at radius 2 is 1.63 bits per heavy atom. The van der Waals surface area contributed by atoms with Gasteiger partial charge in [-0.25, -0.2) is 0 Å². The Kier molecular flexibility index (Phi) is 3.53. The second-order valence-corrected chi connectivity index (χ2v) is 6.23. The molecular formula is C16H20ClNO. The summed E-state index contributed by atoms with van der Waals surface area (Å²) in [6.07, 6.45) is 6.71. The first-order chi connectivity index (χ1) is 9.22. The van der Waals surface area contributed by atoms with E-state index in [-0.39, 0.29) is 5.41 Å². The van der Waals surface area contributed by atoms with E-state index >= 15 is 0 Å². The summed E-state index contributed by atoms with van der Waals surface area (Å²) in [6.45, 7) is 1.88. The lowest BCUT2D eigenvalue weighted by molar-refractivity contribution is -0.141. The third-order valence-electron chi connectivity index (χ3n) is 4.66. The van der Waals surface area contributed by atoms with Crippen LogP contribution >= 0.6 is 11.6 Å². The minimum atomic E-state index is -0.248. The van der Waals surface area contributed by atoms with Crippen LogP contribution in [0.15, 0.2) is 24.3 Å². The average Bonchev–Trinajstić information content (AvgIpc) is 2.40. The number of halogens is 1. The zero-order valence-corrected chi connectivity index (χ0v) is 12.0. The van der Waals surface area contributed by atoms with E-state index in [4.69, 9.17) is 11.6 Å².